The molecule has 0 aliphatic carbocycles. The van der Waals surface area contributed by atoms with Crippen LogP contribution in [-0.2, 0) is 0 Å². The third kappa shape index (κ3) is 1.75. The van der Waals surface area contributed by atoms with E-state index in [9.17, 15) is 14.9 Å². The molecule has 100 valence electrons. The first kappa shape index (κ1) is 12.9. The summed E-state index contributed by atoms with van der Waals surface area (Å²) >= 11 is 11.9. The Morgan fingerprint density at radius 1 is 1.20 bits per heavy atom. The van der Waals surface area contributed by atoms with E-state index in [4.69, 9.17) is 23.2 Å². The molecule has 3 aromatic rings. The lowest BCUT2D eigenvalue weighted by Crippen LogP contribution is -2.06. The third-order valence-electron chi connectivity index (χ3n) is 3.05. The van der Waals surface area contributed by atoms with Crippen LogP contribution in [-0.4, -0.2) is 9.91 Å². The lowest BCUT2D eigenvalue weighted by Gasteiger charge is -2.06. The van der Waals surface area contributed by atoms with Crippen molar-refractivity contribution >= 4 is 50.7 Å². The van der Waals surface area contributed by atoms with Crippen molar-refractivity contribution in [3.05, 3.63) is 60.7 Å². The zero-order valence-corrected chi connectivity index (χ0v) is 11.3. The van der Waals surface area contributed by atoms with Crippen LogP contribution in [0.1, 0.15) is 0 Å². The molecule has 5 nitrogen and oxygen atoms in total. The molecule has 0 spiro atoms. The molecular weight excluding hydrogens is 303 g/mol. The van der Waals surface area contributed by atoms with Gasteiger partial charge < -0.3 is 4.98 Å². The number of fused-ring (bicyclic) bond motifs is 2. The molecule has 0 bridgehead atoms. The number of nitrogens with one attached hydrogen (secondary N) is 1. The number of non-ortho nitro benzene ring substituents is 1. The lowest BCUT2D eigenvalue weighted by molar-refractivity contribution is -0.383. The maximum Gasteiger partial charge on any atom is 0.295 e. The molecule has 3 rings (SSSR count). The average Bonchev–Trinajstić information content (AvgIpc) is 2.42. The Balaban J connectivity index is 2.67. The van der Waals surface area contributed by atoms with Crippen molar-refractivity contribution in [2.75, 3.05) is 0 Å². The number of halogens is 2. The van der Waals surface area contributed by atoms with Gasteiger partial charge in [0.2, 0.25) is 0 Å². The van der Waals surface area contributed by atoms with Gasteiger partial charge in [0, 0.05) is 17.0 Å². The summed E-state index contributed by atoms with van der Waals surface area (Å²) in [5.74, 6) is 0. The van der Waals surface area contributed by atoms with Gasteiger partial charge in [-0.25, -0.2) is 0 Å². The van der Waals surface area contributed by atoms with Crippen molar-refractivity contribution in [3.63, 3.8) is 0 Å². The minimum atomic E-state index is -0.602. The minimum absolute atomic E-state index is 0.0132. The van der Waals surface area contributed by atoms with Crippen molar-refractivity contribution in [1.29, 1.82) is 0 Å². The highest BCUT2D eigenvalue weighted by molar-refractivity contribution is 6.45. The predicted molar refractivity (Wildman–Crippen MR) is 78.7 cm³/mol. The van der Waals surface area contributed by atoms with Crippen LogP contribution in [0, 0.1) is 10.1 Å². The van der Waals surface area contributed by atoms with Crippen LogP contribution in [0.3, 0.4) is 0 Å². The van der Waals surface area contributed by atoms with Crippen LogP contribution in [0.2, 0.25) is 10.0 Å². The molecule has 0 radical (unpaired) electrons. The Kier molecular flexibility index (Phi) is 2.88. The lowest BCUT2D eigenvalue weighted by atomic mass is 10.1. The number of aromatic amines is 1. The zero-order valence-electron chi connectivity index (χ0n) is 9.81. The van der Waals surface area contributed by atoms with Gasteiger partial charge in [0.15, 0.2) is 5.43 Å². The molecule has 2 aromatic carbocycles. The van der Waals surface area contributed by atoms with Gasteiger partial charge in [0.25, 0.3) is 5.69 Å². The molecule has 1 aromatic heterocycles. The maximum absolute atomic E-state index is 12.5. The van der Waals surface area contributed by atoms with E-state index in [1.807, 2.05) is 0 Å². The van der Waals surface area contributed by atoms with Crippen molar-refractivity contribution < 1.29 is 4.92 Å². The first-order valence-electron chi connectivity index (χ1n) is 5.58. The summed E-state index contributed by atoms with van der Waals surface area (Å²) in [7, 11) is 0. The number of nitro benzene ring substituents is 1. The Hall–Kier alpha value is -2.11. The number of pyridine rings is 1. The molecule has 0 aliphatic rings. The van der Waals surface area contributed by atoms with E-state index in [0.717, 1.165) is 6.07 Å². The van der Waals surface area contributed by atoms with Crippen LogP contribution in [0.15, 0.2) is 35.1 Å². The summed E-state index contributed by atoms with van der Waals surface area (Å²) in [6, 6.07) is 7.86. The summed E-state index contributed by atoms with van der Waals surface area (Å²) in [6.07, 6.45) is 0. The second-order valence-corrected chi connectivity index (χ2v) is 4.98. The molecule has 0 unspecified atom stereocenters. The highest BCUT2D eigenvalue weighted by atomic mass is 35.5. The molecule has 20 heavy (non-hydrogen) atoms. The Labute approximate surface area is 121 Å². The third-order valence-corrected chi connectivity index (χ3v) is 3.84. The molecule has 0 saturated carbocycles. The van der Waals surface area contributed by atoms with Crippen molar-refractivity contribution in [3.8, 4) is 0 Å². The molecule has 0 fully saturated rings. The largest absolute Gasteiger partial charge is 0.349 e. The van der Waals surface area contributed by atoms with E-state index in [2.05, 4.69) is 4.98 Å². The topological polar surface area (TPSA) is 76.0 Å². The van der Waals surface area contributed by atoms with E-state index in [1.165, 1.54) is 0 Å². The van der Waals surface area contributed by atoms with Crippen molar-refractivity contribution in [1.82, 2.24) is 4.98 Å². The van der Waals surface area contributed by atoms with Gasteiger partial charge >= 0.3 is 0 Å². The predicted octanol–water partition coefficient (Wildman–Crippen LogP) is 3.90. The Bertz CT molecular complexity index is 934. The fourth-order valence-corrected chi connectivity index (χ4v) is 2.59. The van der Waals surface area contributed by atoms with E-state index in [0.29, 0.717) is 10.9 Å². The summed E-state index contributed by atoms with van der Waals surface area (Å²) in [5, 5.41) is 11.5. The van der Waals surface area contributed by atoms with Crippen molar-refractivity contribution in [2.45, 2.75) is 0 Å². The quantitative estimate of drug-likeness (QED) is 0.421. The van der Waals surface area contributed by atoms with E-state index >= 15 is 0 Å². The molecule has 1 N–H and O–H groups in total. The summed E-state index contributed by atoms with van der Waals surface area (Å²) in [6.45, 7) is 0. The van der Waals surface area contributed by atoms with Gasteiger partial charge in [-0.2, -0.15) is 0 Å². The van der Waals surface area contributed by atoms with Gasteiger partial charge in [-0.3, -0.25) is 14.9 Å². The monoisotopic (exact) mass is 308 g/mol. The SMILES string of the molecule is O=c1c2ccccc2[nH]c2c([N+](=O)[O-])cc(Cl)c(Cl)c12. The second-order valence-electron chi connectivity index (χ2n) is 4.20. The number of hydrogen-bond acceptors (Lipinski definition) is 3. The summed E-state index contributed by atoms with van der Waals surface area (Å²) < 4.78 is 0. The first-order valence-corrected chi connectivity index (χ1v) is 6.33. The van der Waals surface area contributed by atoms with Crippen LogP contribution in [0.4, 0.5) is 5.69 Å². The number of rotatable bonds is 1. The number of benzene rings is 2. The average molecular weight is 309 g/mol. The van der Waals surface area contributed by atoms with Gasteiger partial charge in [-0.05, 0) is 12.1 Å². The van der Waals surface area contributed by atoms with Gasteiger partial charge in [-0.15, -0.1) is 0 Å². The number of para-hydroxylation sites is 1. The zero-order chi connectivity index (χ0) is 14.4. The molecule has 0 saturated heterocycles. The number of nitro groups is 1. The van der Waals surface area contributed by atoms with Crippen LogP contribution in [0.5, 0.6) is 0 Å². The van der Waals surface area contributed by atoms with E-state index in [-0.39, 0.29) is 32.1 Å². The number of aromatic nitrogens is 1. The number of hydrogen-bond donors (Lipinski definition) is 1. The van der Waals surface area contributed by atoms with Crippen molar-refractivity contribution in [2.24, 2.45) is 0 Å². The second kappa shape index (κ2) is 4.47. The van der Waals surface area contributed by atoms with Gasteiger partial charge in [-0.1, -0.05) is 35.3 Å². The molecule has 0 aliphatic heterocycles. The minimum Gasteiger partial charge on any atom is -0.349 e. The highest BCUT2D eigenvalue weighted by Crippen LogP contribution is 2.35. The Morgan fingerprint density at radius 3 is 2.60 bits per heavy atom. The standard InChI is InChI=1S/C13H6Cl2N2O3/c14-7-5-9(17(19)20)12-10(11(7)15)13(18)6-3-1-2-4-8(6)16-12/h1-5H,(H,16,18). The van der Waals surface area contributed by atoms with Crippen LogP contribution in [0.25, 0.3) is 21.8 Å². The number of H-pyrrole nitrogens is 1. The smallest absolute Gasteiger partial charge is 0.295 e. The normalized spacial score (nSPS) is 11.1. The molecule has 7 heteroatoms. The van der Waals surface area contributed by atoms with Crippen LogP contribution < -0.4 is 5.43 Å². The van der Waals surface area contributed by atoms with Gasteiger partial charge in [0.05, 0.1) is 20.4 Å². The molecule has 0 atom stereocenters. The molecular formula is C13H6Cl2N2O3. The van der Waals surface area contributed by atoms with E-state index < -0.39 is 4.92 Å². The highest BCUT2D eigenvalue weighted by Gasteiger charge is 2.21. The fourth-order valence-electron chi connectivity index (χ4n) is 2.16. The fraction of sp³-hybridized carbons (Fsp3) is 0. The van der Waals surface area contributed by atoms with Gasteiger partial charge in [0.1, 0.15) is 5.52 Å². The van der Waals surface area contributed by atoms with Crippen LogP contribution >= 0.6 is 23.2 Å². The summed E-state index contributed by atoms with van der Waals surface area (Å²) in [5.41, 5.74) is -0.0817. The number of nitrogens with zero attached hydrogens (tertiary/aromatic N) is 1. The summed E-state index contributed by atoms with van der Waals surface area (Å²) in [4.78, 5) is 25.8. The Morgan fingerprint density at radius 2 is 1.90 bits per heavy atom. The van der Waals surface area contributed by atoms with E-state index in [1.54, 1.807) is 24.3 Å². The first-order chi connectivity index (χ1) is 9.50. The molecule has 0 amide bonds. The maximum atomic E-state index is 12.5. The molecule has 1 heterocycles.